The van der Waals surface area contributed by atoms with Crippen LogP contribution in [0.2, 0.25) is 0 Å². The van der Waals surface area contributed by atoms with Gasteiger partial charge in [0.25, 0.3) is 5.82 Å². The second kappa shape index (κ2) is 5.39. The third-order valence-electron chi connectivity index (χ3n) is 2.82. The van der Waals surface area contributed by atoms with E-state index >= 15 is 0 Å². The van der Waals surface area contributed by atoms with E-state index < -0.39 is 0 Å². The average molecular weight is 265 g/mol. The SMILES string of the molecule is Cn1ccnc1SCC(=O)Cc1n(C)cc[n+]1C. The summed E-state index contributed by atoms with van der Waals surface area (Å²) in [6.45, 7) is 0. The zero-order valence-corrected chi connectivity index (χ0v) is 11.6. The van der Waals surface area contributed by atoms with Gasteiger partial charge in [0.15, 0.2) is 10.9 Å². The molecule has 2 heterocycles. The van der Waals surface area contributed by atoms with E-state index in [1.165, 1.54) is 11.8 Å². The Balaban J connectivity index is 1.92. The molecule has 0 amide bonds. The first kappa shape index (κ1) is 12.9. The van der Waals surface area contributed by atoms with Crippen molar-refractivity contribution in [1.29, 1.82) is 0 Å². The third-order valence-corrected chi connectivity index (χ3v) is 3.94. The van der Waals surface area contributed by atoms with Crippen molar-refractivity contribution in [2.75, 3.05) is 5.75 Å². The quantitative estimate of drug-likeness (QED) is 0.584. The van der Waals surface area contributed by atoms with E-state index in [-0.39, 0.29) is 5.78 Å². The maximum Gasteiger partial charge on any atom is 0.263 e. The molecule has 0 aliphatic rings. The summed E-state index contributed by atoms with van der Waals surface area (Å²) in [6.07, 6.45) is 7.98. The van der Waals surface area contributed by atoms with Gasteiger partial charge in [-0.05, 0) is 0 Å². The number of aryl methyl sites for hydroxylation is 3. The first-order chi connectivity index (χ1) is 8.58. The summed E-state index contributed by atoms with van der Waals surface area (Å²) < 4.78 is 5.87. The summed E-state index contributed by atoms with van der Waals surface area (Å²) in [5.41, 5.74) is 0. The van der Waals surface area contributed by atoms with Crippen LogP contribution in [0.4, 0.5) is 0 Å². The van der Waals surface area contributed by atoms with Gasteiger partial charge in [0.1, 0.15) is 18.8 Å². The molecule has 0 aliphatic heterocycles. The second-order valence-electron chi connectivity index (χ2n) is 4.26. The van der Waals surface area contributed by atoms with Crippen molar-refractivity contribution in [3.63, 3.8) is 0 Å². The average Bonchev–Trinajstić information content (AvgIpc) is 2.87. The Morgan fingerprint density at radius 1 is 1.39 bits per heavy atom. The second-order valence-corrected chi connectivity index (χ2v) is 5.20. The number of hydrogen-bond donors (Lipinski definition) is 0. The minimum Gasteiger partial charge on any atom is -0.329 e. The normalized spacial score (nSPS) is 10.8. The number of thioether (sulfide) groups is 1. The van der Waals surface area contributed by atoms with Gasteiger partial charge in [-0.1, -0.05) is 11.8 Å². The topological polar surface area (TPSA) is 43.7 Å². The smallest absolute Gasteiger partial charge is 0.263 e. The number of carbonyl (C=O) groups is 1. The highest BCUT2D eigenvalue weighted by molar-refractivity contribution is 7.99. The highest BCUT2D eigenvalue weighted by atomic mass is 32.2. The molecule has 0 spiro atoms. The van der Waals surface area contributed by atoms with E-state index in [0.29, 0.717) is 12.2 Å². The summed E-state index contributed by atoms with van der Waals surface area (Å²) in [5, 5.41) is 0.875. The molecule has 6 heteroatoms. The van der Waals surface area contributed by atoms with Crippen LogP contribution in [0.5, 0.6) is 0 Å². The van der Waals surface area contributed by atoms with Crippen molar-refractivity contribution in [3.05, 3.63) is 30.6 Å². The van der Waals surface area contributed by atoms with Crippen LogP contribution in [0.3, 0.4) is 0 Å². The molecule has 18 heavy (non-hydrogen) atoms. The highest BCUT2D eigenvalue weighted by Gasteiger charge is 2.16. The molecule has 2 aromatic rings. The van der Waals surface area contributed by atoms with Gasteiger partial charge in [-0.25, -0.2) is 14.1 Å². The van der Waals surface area contributed by atoms with Gasteiger partial charge in [-0.3, -0.25) is 4.79 Å². The lowest BCUT2D eigenvalue weighted by Crippen LogP contribution is -2.33. The molecule has 0 atom stereocenters. The molecule has 0 radical (unpaired) electrons. The van der Waals surface area contributed by atoms with Crippen LogP contribution in [0.1, 0.15) is 5.82 Å². The fourth-order valence-electron chi connectivity index (χ4n) is 1.73. The number of aromatic nitrogens is 4. The molecule has 5 nitrogen and oxygen atoms in total. The van der Waals surface area contributed by atoms with Crippen LogP contribution in [0, 0.1) is 0 Å². The first-order valence-electron chi connectivity index (χ1n) is 5.69. The van der Waals surface area contributed by atoms with Gasteiger partial charge in [0.2, 0.25) is 0 Å². The summed E-state index contributed by atoms with van der Waals surface area (Å²) in [4.78, 5) is 16.1. The maximum absolute atomic E-state index is 11.9. The van der Waals surface area contributed by atoms with Gasteiger partial charge in [0, 0.05) is 19.4 Å². The Morgan fingerprint density at radius 3 is 2.72 bits per heavy atom. The molecule has 0 aromatic carbocycles. The number of Topliss-reactive ketones (excluding diaryl/α,β-unsaturated/α-hetero) is 1. The van der Waals surface area contributed by atoms with E-state index in [9.17, 15) is 4.79 Å². The number of rotatable bonds is 5. The summed E-state index contributed by atoms with van der Waals surface area (Å²) in [5.74, 6) is 1.68. The third kappa shape index (κ3) is 2.81. The number of hydrogen-bond acceptors (Lipinski definition) is 3. The molecule has 0 bridgehead atoms. The van der Waals surface area contributed by atoms with E-state index in [1.54, 1.807) is 6.20 Å². The Kier molecular flexibility index (Phi) is 3.86. The van der Waals surface area contributed by atoms with Crippen LogP contribution in [-0.2, 0) is 32.4 Å². The molecule has 0 aliphatic carbocycles. The largest absolute Gasteiger partial charge is 0.329 e. The van der Waals surface area contributed by atoms with Gasteiger partial charge < -0.3 is 4.57 Å². The monoisotopic (exact) mass is 265 g/mol. The van der Waals surface area contributed by atoms with Crippen molar-refractivity contribution in [2.24, 2.45) is 21.1 Å². The zero-order valence-electron chi connectivity index (χ0n) is 10.8. The van der Waals surface area contributed by atoms with E-state index in [0.717, 1.165) is 11.0 Å². The lowest BCUT2D eigenvalue weighted by atomic mass is 10.3. The van der Waals surface area contributed by atoms with Gasteiger partial charge >= 0.3 is 0 Å². The highest BCUT2D eigenvalue weighted by Crippen LogP contribution is 2.14. The summed E-state index contributed by atoms with van der Waals surface area (Å²) in [7, 11) is 5.83. The van der Waals surface area contributed by atoms with Gasteiger partial charge in [0.05, 0.1) is 19.8 Å². The van der Waals surface area contributed by atoms with Crippen molar-refractivity contribution in [1.82, 2.24) is 14.1 Å². The molecule has 0 fully saturated rings. The lowest BCUT2D eigenvalue weighted by molar-refractivity contribution is -0.678. The Hall–Kier alpha value is -1.56. The Labute approximate surface area is 110 Å². The first-order valence-corrected chi connectivity index (χ1v) is 6.68. The number of nitrogens with zero attached hydrogens (tertiary/aromatic N) is 4. The number of imidazole rings is 2. The molecule has 0 unspecified atom stereocenters. The lowest BCUT2D eigenvalue weighted by Gasteiger charge is -2.01. The molecule has 0 N–H and O–H groups in total. The molecule has 96 valence electrons. The molecular formula is C12H17N4OS+. The van der Waals surface area contributed by atoms with Crippen LogP contribution in [-0.4, -0.2) is 25.7 Å². The minimum atomic E-state index is 0.209. The van der Waals surface area contributed by atoms with Crippen LogP contribution < -0.4 is 4.57 Å². The number of carbonyl (C=O) groups excluding carboxylic acids is 1. The van der Waals surface area contributed by atoms with Gasteiger partial charge in [-0.15, -0.1) is 0 Å². The van der Waals surface area contributed by atoms with Gasteiger partial charge in [-0.2, -0.15) is 0 Å². The van der Waals surface area contributed by atoms with Crippen molar-refractivity contribution >= 4 is 17.5 Å². The standard InChI is InChI=1S/C12H17N4OS/c1-14-6-7-15(2)11(14)8-10(17)9-18-12-13-4-5-16(12)3/h4-7H,8-9H2,1-3H3/q+1. The summed E-state index contributed by atoms with van der Waals surface area (Å²) in [6, 6.07) is 0. The predicted octanol–water partition coefficient (Wildman–Crippen LogP) is 0.487. The maximum atomic E-state index is 11.9. The molecule has 0 saturated heterocycles. The van der Waals surface area contributed by atoms with Crippen molar-refractivity contribution in [3.8, 4) is 0 Å². The van der Waals surface area contributed by atoms with Crippen LogP contribution in [0.15, 0.2) is 29.9 Å². The molecule has 2 rings (SSSR count). The number of ketones is 1. The fraction of sp³-hybridized carbons (Fsp3) is 0.417. The molecule has 0 saturated carbocycles. The summed E-state index contributed by atoms with van der Waals surface area (Å²) >= 11 is 1.48. The predicted molar refractivity (Wildman–Crippen MR) is 69.2 cm³/mol. The zero-order chi connectivity index (χ0) is 13.1. The minimum absolute atomic E-state index is 0.209. The van der Waals surface area contributed by atoms with Crippen molar-refractivity contribution in [2.45, 2.75) is 11.6 Å². The van der Waals surface area contributed by atoms with E-state index in [1.807, 2.05) is 53.4 Å². The fourth-order valence-corrected chi connectivity index (χ4v) is 2.53. The van der Waals surface area contributed by atoms with Crippen LogP contribution >= 0.6 is 11.8 Å². The van der Waals surface area contributed by atoms with Crippen molar-refractivity contribution < 1.29 is 9.36 Å². The molecule has 2 aromatic heterocycles. The van der Waals surface area contributed by atoms with E-state index in [4.69, 9.17) is 0 Å². The van der Waals surface area contributed by atoms with Crippen LogP contribution in [0.25, 0.3) is 0 Å². The molecular weight excluding hydrogens is 248 g/mol. The Morgan fingerprint density at radius 2 is 2.17 bits per heavy atom. The van der Waals surface area contributed by atoms with E-state index in [2.05, 4.69) is 4.98 Å². The Bertz CT molecular complexity index is 539.